The molecule has 0 aliphatic carbocycles. The van der Waals surface area contributed by atoms with Gasteiger partial charge in [-0.3, -0.25) is 4.18 Å². The Bertz CT molecular complexity index is 431. The summed E-state index contributed by atoms with van der Waals surface area (Å²) in [5.74, 6) is -0.208. The van der Waals surface area contributed by atoms with Crippen LogP contribution in [0.4, 0.5) is 13.2 Å². The summed E-state index contributed by atoms with van der Waals surface area (Å²) in [4.78, 5) is 0. The molecule has 146 valence electrons. The molecule has 1 unspecified atom stereocenters. The van der Waals surface area contributed by atoms with Gasteiger partial charge in [0.2, 0.25) is 0 Å². The van der Waals surface area contributed by atoms with Crippen molar-refractivity contribution in [3.8, 4) is 0 Å². The average Bonchev–Trinajstić information content (AvgIpc) is 2.43. The number of alkyl halides is 3. The van der Waals surface area contributed by atoms with E-state index in [0.717, 1.165) is 38.5 Å². The zero-order valence-corrected chi connectivity index (χ0v) is 16.2. The van der Waals surface area contributed by atoms with E-state index in [1.165, 1.54) is 26.7 Å². The standard InChI is InChI=1S/C17H33F3O3S/c1-5-7-9-10-11-12-14-15(13-8-6-2)16(3,4)23-24(21,22)17(18,19)20/h15H,5-14H2,1-4H3. The number of halogens is 3. The van der Waals surface area contributed by atoms with Crippen molar-refractivity contribution >= 4 is 10.1 Å². The van der Waals surface area contributed by atoms with Gasteiger partial charge in [0.25, 0.3) is 0 Å². The van der Waals surface area contributed by atoms with Gasteiger partial charge in [0, 0.05) is 0 Å². The molecule has 0 rings (SSSR count). The number of rotatable bonds is 13. The van der Waals surface area contributed by atoms with Gasteiger partial charge >= 0.3 is 15.6 Å². The van der Waals surface area contributed by atoms with Gasteiger partial charge in [0.05, 0.1) is 5.60 Å². The molecule has 0 amide bonds. The van der Waals surface area contributed by atoms with Gasteiger partial charge in [-0.25, -0.2) is 0 Å². The Morgan fingerprint density at radius 3 is 1.79 bits per heavy atom. The summed E-state index contributed by atoms with van der Waals surface area (Å²) in [6.45, 7) is 7.05. The Morgan fingerprint density at radius 1 is 0.833 bits per heavy atom. The number of hydrogen-bond acceptors (Lipinski definition) is 3. The largest absolute Gasteiger partial charge is 0.523 e. The van der Waals surface area contributed by atoms with E-state index >= 15 is 0 Å². The highest BCUT2D eigenvalue weighted by atomic mass is 32.2. The monoisotopic (exact) mass is 374 g/mol. The van der Waals surface area contributed by atoms with E-state index in [2.05, 4.69) is 11.1 Å². The summed E-state index contributed by atoms with van der Waals surface area (Å²) in [5, 5.41) is 0. The zero-order valence-electron chi connectivity index (χ0n) is 15.4. The fourth-order valence-electron chi connectivity index (χ4n) is 2.86. The van der Waals surface area contributed by atoms with Crippen molar-refractivity contribution in [1.29, 1.82) is 0 Å². The third kappa shape index (κ3) is 8.70. The molecule has 0 saturated heterocycles. The van der Waals surface area contributed by atoms with Crippen LogP contribution in [0.5, 0.6) is 0 Å². The first-order valence-corrected chi connectivity index (χ1v) is 10.4. The summed E-state index contributed by atoms with van der Waals surface area (Å²) >= 11 is 0. The Labute approximate surface area is 145 Å². The maximum Gasteiger partial charge on any atom is 0.523 e. The first-order chi connectivity index (χ1) is 11.0. The van der Waals surface area contributed by atoms with E-state index in [9.17, 15) is 21.6 Å². The molecule has 0 spiro atoms. The molecule has 0 fully saturated rings. The maximum absolute atomic E-state index is 12.6. The van der Waals surface area contributed by atoms with E-state index in [-0.39, 0.29) is 5.92 Å². The van der Waals surface area contributed by atoms with Gasteiger partial charge < -0.3 is 0 Å². The first kappa shape index (κ1) is 23.7. The highest BCUT2D eigenvalue weighted by Crippen LogP contribution is 2.36. The molecule has 0 N–H and O–H groups in total. The quantitative estimate of drug-likeness (QED) is 0.219. The summed E-state index contributed by atoms with van der Waals surface area (Å²) in [5.41, 5.74) is -6.73. The van der Waals surface area contributed by atoms with E-state index in [0.29, 0.717) is 12.8 Å². The van der Waals surface area contributed by atoms with Crippen LogP contribution in [-0.4, -0.2) is 19.5 Å². The molecule has 0 aromatic carbocycles. The normalized spacial score (nSPS) is 14.8. The number of hydrogen-bond donors (Lipinski definition) is 0. The van der Waals surface area contributed by atoms with Crippen LogP contribution in [0.1, 0.15) is 91.9 Å². The highest BCUT2D eigenvalue weighted by Gasteiger charge is 2.51. The van der Waals surface area contributed by atoms with Gasteiger partial charge in [-0.1, -0.05) is 65.2 Å². The van der Waals surface area contributed by atoms with Crippen molar-refractivity contribution in [2.75, 3.05) is 0 Å². The molecule has 0 heterocycles. The van der Waals surface area contributed by atoms with Gasteiger partial charge in [-0.2, -0.15) is 21.6 Å². The van der Waals surface area contributed by atoms with Crippen LogP contribution in [0.15, 0.2) is 0 Å². The molecule has 0 aromatic heterocycles. The Hall–Kier alpha value is -0.300. The van der Waals surface area contributed by atoms with Crippen LogP contribution in [0.3, 0.4) is 0 Å². The molecule has 24 heavy (non-hydrogen) atoms. The minimum absolute atomic E-state index is 0.208. The van der Waals surface area contributed by atoms with Gasteiger partial charge in [-0.05, 0) is 32.6 Å². The molecule has 0 saturated carbocycles. The minimum Gasteiger partial charge on any atom is -0.257 e. The Morgan fingerprint density at radius 2 is 1.29 bits per heavy atom. The third-order valence-electron chi connectivity index (χ3n) is 4.40. The van der Waals surface area contributed by atoms with Crippen LogP contribution in [0, 0.1) is 5.92 Å². The summed E-state index contributed by atoms with van der Waals surface area (Å²) < 4.78 is 65.1. The topological polar surface area (TPSA) is 43.4 Å². The van der Waals surface area contributed by atoms with Crippen molar-refractivity contribution in [3.63, 3.8) is 0 Å². The predicted molar refractivity (Wildman–Crippen MR) is 91.1 cm³/mol. The van der Waals surface area contributed by atoms with E-state index < -0.39 is 21.2 Å². The van der Waals surface area contributed by atoms with Crippen molar-refractivity contribution in [2.45, 2.75) is 103 Å². The second-order valence-electron chi connectivity index (χ2n) is 6.98. The first-order valence-electron chi connectivity index (χ1n) is 8.99. The third-order valence-corrected chi connectivity index (χ3v) is 5.62. The van der Waals surface area contributed by atoms with Crippen molar-refractivity contribution in [1.82, 2.24) is 0 Å². The second-order valence-corrected chi connectivity index (χ2v) is 8.52. The zero-order chi connectivity index (χ0) is 18.9. The van der Waals surface area contributed by atoms with E-state index in [1.807, 2.05) is 6.92 Å². The van der Waals surface area contributed by atoms with Crippen molar-refractivity contribution in [2.24, 2.45) is 5.92 Å². The molecule has 0 radical (unpaired) electrons. The molecule has 1 atom stereocenters. The van der Waals surface area contributed by atoms with Crippen LogP contribution < -0.4 is 0 Å². The lowest BCUT2D eigenvalue weighted by atomic mass is 9.82. The van der Waals surface area contributed by atoms with Crippen molar-refractivity contribution < 1.29 is 25.8 Å². The summed E-state index contributed by atoms with van der Waals surface area (Å²) in [6.07, 6.45) is 9.65. The molecular weight excluding hydrogens is 341 g/mol. The fourth-order valence-corrected chi connectivity index (χ4v) is 3.66. The molecule has 0 aliphatic rings. The van der Waals surface area contributed by atoms with Crippen LogP contribution in [0.2, 0.25) is 0 Å². The Balaban J connectivity index is 4.75. The predicted octanol–water partition coefficient (Wildman–Crippen LogP) is 6.19. The Kier molecular flexibility index (Phi) is 10.5. The van der Waals surface area contributed by atoms with Crippen LogP contribution in [0.25, 0.3) is 0 Å². The maximum atomic E-state index is 12.6. The molecule has 3 nitrogen and oxygen atoms in total. The lowest BCUT2D eigenvalue weighted by Gasteiger charge is -2.34. The fraction of sp³-hybridized carbons (Fsp3) is 1.00. The molecule has 7 heteroatoms. The average molecular weight is 375 g/mol. The van der Waals surface area contributed by atoms with E-state index in [1.54, 1.807) is 0 Å². The summed E-state index contributed by atoms with van der Waals surface area (Å²) in [7, 11) is -5.57. The molecule has 0 aliphatic heterocycles. The van der Waals surface area contributed by atoms with Gasteiger partial charge in [-0.15, -0.1) is 0 Å². The van der Waals surface area contributed by atoms with Crippen LogP contribution >= 0.6 is 0 Å². The lowest BCUT2D eigenvalue weighted by Crippen LogP contribution is -2.41. The van der Waals surface area contributed by atoms with Crippen molar-refractivity contribution in [3.05, 3.63) is 0 Å². The molecule has 0 bridgehead atoms. The summed E-state index contributed by atoms with van der Waals surface area (Å²) in [6, 6.07) is 0. The highest BCUT2D eigenvalue weighted by molar-refractivity contribution is 7.87. The van der Waals surface area contributed by atoms with E-state index in [4.69, 9.17) is 0 Å². The number of unbranched alkanes of at least 4 members (excludes halogenated alkanes) is 6. The van der Waals surface area contributed by atoms with Gasteiger partial charge in [0.1, 0.15) is 0 Å². The molecule has 0 aromatic rings. The molecular formula is C17H33F3O3S. The smallest absolute Gasteiger partial charge is 0.257 e. The second kappa shape index (κ2) is 10.6. The van der Waals surface area contributed by atoms with Gasteiger partial charge in [0.15, 0.2) is 0 Å². The SMILES string of the molecule is CCCCCCCCC(CCCC)C(C)(C)OS(=O)(=O)C(F)(F)F. The minimum atomic E-state index is -5.57. The lowest BCUT2D eigenvalue weighted by molar-refractivity contribution is -0.0691. The van der Waals surface area contributed by atoms with Crippen LogP contribution in [-0.2, 0) is 14.3 Å².